The van der Waals surface area contributed by atoms with Crippen molar-refractivity contribution >= 4 is 0 Å². The first-order chi connectivity index (χ1) is 9.72. The molecule has 1 fully saturated rings. The predicted octanol–water partition coefficient (Wildman–Crippen LogP) is 1.56. The van der Waals surface area contributed by atoms with Crippen LogP contribution < -0.4 is 9.47 Å². The Morgan fingerprint density at radius 3 is 3.00 bits per heavy atom. The second-order valence-electron chi connectivity index (χ2n) is 5.48. The van der Waals surface area contributed by atoms with Crippen LogP contribution in [0.4, 0.5) is 0 Å². The van der Waals surface area contributed by atoms with Crippen LogP contribution in [-0.2, 0) is 4.74 Å². The summed E-state index contributed by atoms with van der Waals surface area (Å²) in [5, 5.41) is 10.3. The lowest BCUT2D eigenvalue weighted by molar-refractivity contribution is 0.0601. The molecule has 0 spiro atoms. The third kappa shape index (κ3) is 3.06. The monoisotopic (exact) mass is 279 g/mol. The molecule has 1 saturated heterocycles. The second-order valence-corrected chi connectivity index (χ2v) is 5.48. The lowest BCUT2D eigenvalue weighted by Crippen LogP contribution is -2.32. The number of hydrogen-bond donors (Lipinski definition) is 1. The number of fused-ring (bicyclic) bond motifs is 1. The van der Waals surface area contributed by atoms with Gasteiger partial charge in [-0.15, -0.1) is 0 Å². The summed E-state index contributed by atoms with van der Waals surface area (Å²) < 4.78 is 16.2. The van der Waals surface area contributed by atoms with Crippen LogP contribution in [0.15, 0.2) is 18.2 Å². The molecule has 2 heterocycles. The van der Waals surface area contributed by atoms with Crippen molar-refractivity contribution < 1.29 is 19.3 Å². The molecule has 2 aliphatic heterocycles. The molecule has 20 heavy (non-hydrogen) atoms. The van der Waals surface area contributed by atoms with E-state index in [1.54, 1.807) is 0 Å². The van der Waals surface area contributed by atoms with Crippen molar-refractivity contribution in [3.8, 4) is 11.5 Å². The topological polar surface area (TPSA) is 51.2 Å². The van der Waals surface area contributed by atoms with E-state index in [1.165, 1.54) is 0 Å². The number of nitrogens with zero attached hydrogens (tertiary/aromatic N) is 1. The second kappa shape index (κ2) is 5.99. The lowest BCUT2D eigenvalue weighted by Gasteiger charge is -2.23. The van der Waals surface area contributed by atoms with E-state index in [4.69, 9.17) is 14.2 Å². The zero-order valence-corrected chi connectivity index (χ0v) is 11.7. The lowest BCUT2D eigenvalue weighted by atomic mass is 10.1. The Kier molecular flexibility index (Phi) is 4.10. The fraction of sp³-hybridized carbons (Fsp3) is 0.600. The van der Waals surface area contributed by atoms with E-state index in [-0.39, 0.29) is 6.79 Å². The number of aliphatic hydroxyl groups is 1. The van der Waals surface area contributed by atoms with Gasteiger partial charge in [-0.3, -0.25) is 0 Å². The van der Waals surface area contributed by atoms with Gasteiger partial charge in [0.2, 0.25) is 6.79 Å². The summed E-state index contributed by atoms with van der Waals surface area (Å²) in [5.41, 5.74) is 0.855. The number of benzene rings is 1. The van der Waals surface area contributed by atoms with Gasteiger partial charge in [0.1, 0.15) is 0 Å². The van der Waals surface area contributed by atoms with Gasteiger partial charge < -0.3 is 24.2 Å². The van der Waals surface area contributed by atoms with Gasteiger partial charge in [-0.05, 0) is 37.6 Å². The third-order valence-electron chi connectivity index (χ3n) is 3.81. The molecule has 110 valence electrons. The van der Waals surface area contributed by atoms with Gasteiger partial charge in [0.15, 0.2) is 11.5 Å². The molecule has 0 bridgehead atoms. The standard InChI is InChI=1S/C15H21NO4/c1-16(8-12-3-2-6-18-12)9-13(17)11-4-5-14-15(7-11)20-10-19-14/h4-5,7,12-13,17H,2-3,6,8-10H2,1H3/t12-,13-/m1/s1. The number of aliphatic hydroxyl groups excluding tert-OH is 1. The molecule has 2 aliphatic rings. The maximum atomic E-state index is 10.3. The Hall–Kier alpha value is -1.30. The minimum absolute atomic E-state index is 0.258. The molecule has 0 amide bonds. The molecule has 0 aliphatic carbocycles. The smallest absolute Gasteiger partial charge is 0.231 e. The number of rotatable bonds is 5. The average molecular weight is 279 g/mol. The van der Waals surface area contributed by atoms with Gasteiger partial charge in [-0.25, -0.2) is 0 Å². The Morgan fingerprint density at radius 1 is 1.35 bits per heavy atom. The molecule has 3 rings (SSSR count). The van der Waals surface area contributed by atoms with Gasteiger partial charge in [0.05, 0.1) is 12.2 Å². The summed E-state index contributed by atoms with van der Waals surface area (Å²) in [5.74, 6) is 1.46. The number of hydrogen-bond acceptors (Lipinski definition) is 5. The molecule has 0 radical (unpaired) electrons. The predicted molar refractivity (Wildman–Crippen MR) is 74.0 cm³/mol. The minimum atomic E-state index is -0.532. The van der Waals surface area contributed by atoms with Crippen LogP contribution in [0, 0.1) is 0 Å². The Morgan fingerprint density at radius 2 is 2.20 bits per heavy atom. The van der Waals surface area contributed by atoms with Crippen LogP contribution in [0.1, 0.15) is 24.5 Å². The van der Waals surface area contributed by atoms with E-state index in [2.05, 4.69) is 4.90 Å². The molecule has 5 heteroatoms. The van der Waals surface area contributed by atoms with Crippen LogP contribution in [-0.4, -0.2) is 49.6 Å². The normalized spacial score (nSPS) is 22.4. The molecule has 0 aromatic heterocycles. The van der Waals surface area contributed by atoms with Crippen LogP contribution in [0.5, 0.6) is 11.5 Å². The van der Waals surface area contributed by atoms with Crippen LogP contribution in [0.2, 0.25) is 0 Å². The highest BCUT2D eigenvalue weighted by atomic mass is 16.7. The Labute approximate surface area is 119 Å². The summed E-state index contributed by atoms with van der Waals surface area (Å²) >= 11 is 0. The molecule has 5 nitrogen and oxygen atoms in total. The first-order valence-electron chi connectivity index (χ1n) is 7.10. The summed E-state index contributed by atoms with van der Waals surface area (Å²) in [6, 6.07) is 5.59. The van der Waals surface area contributed by atoms with Gasteiger partial charge in [0, 0.05) is 19.7 Å². The largest absolute Gasteiger partial charge is 0.454 e. The van der Waals surface area contributed by atoms with Gasteiger partial charge >= 0.3 is 0 Å². The van der Waals surface area contributed by atoms with E-state index < -0.39 is 6.10 Å². The van der Waals surface area contributed by atoms with E-state index in [9.17, 15) is 5.11 Å². The number of ether oxygens (including phenoxy) is 3. The summed E-state index contributed by atoms with van der Waals surface area (Å²) in [4.78, 5) is 2.12. The zero-order valence-electron chi connectivity index (χ0n) is 11.7. The fourth-order valence-electron chi connectivity index (χ4n) is 2.73. The van der Waals surface area contributed by atoms with Gasteiger partial charge in [-0.2, -0.15) is 0 Å². The summed E-state index contributed by atoms with van der Waals surface area (Å²) in [7, 11) is 2.01. The Bertz CT molecular complexity index is 459. The highest BCUT2D eigenvalue weighted by molar-refractivity contribution is 5.45. The van der Waals surface area contributed by atoms with Crippen LogP contribution in [0.25, 0.3) is 0 Å². The quantitative estimate of drug-likeness (QED) is 0.886. The Balaban J connectivity index is 1.56. The maximum absolute atomic E-state index is 10.3. The molecular formula is C15H21NO4. The van der Waals surface area contributed by atoms with Crippen molar-refractivity contribution in [3.05, 3.63) is 23.8 Å². The molecule has 1 aromatic carbocycles. The van der Waals surface area contributed by atoms with E-state index in [1.807, 2.05) is 25.2 Å². The van der Waals surface area contributed by atoms with Crippen molar-refractivity contribution in [1.82, 2.24) is 4.90 Å². The summed E-state index contributed by atoms with van der Waals surface area (Å²) in [6.07, 6.45) is 2.04. The maximum Gasteiger partial charge on any atom is 0.231 e. The van der Waals surface area contributed by atoms with Crippen molar-refractivity contribution in [2.24, 2.45) is 0 Å². The first-order valence-corrected chi connectivity index (χ1v) is 7.10. The van der Waals surface area contributed by atoms with Crippen molar-refractivity contribution in [2.75, 3.05) is 33.5 Å². The number of likely N-dealkylation sites (N-methyl/N-ethyl adjacent to an activating group) is 1. The van der Waals surface area contributed by atoms with Crippen LogP contribution in [0.3, 0.4) is 0 Å². The minimum Gasteiger partial charge on any atom is -0.454 e. The first kappa shape index (κ1) is 13.7. The van der Waals surface area contributed by atoms with E-state index in [0.717, 1.165) is 37.3 Å². The van der Waals surface area contributed by atoms with Crippen molar-refractivity contribution in [2.45, 2.75) is 25.0 Å². The molecular weight excluding hydrogens is 258 g/mol. The molecule has 1 N–H and O–H groups in total. The third-order valence-corrected chi connectivity index (χ3v) is 3.81. The van der Waals surface area contributed by atoms with Crippen molar-refractivity contribution in [1.29, 1.82) is 0 Å². The average Bonchev–Trinajstić information content (AvgIpc) is 3.07. The van der Waals surface area contributed by atoms with Gasteiger partial charge in [-0.1, -0.05) is 6.07 Å². The van der Waals surface area contributed by atoms with E-state index in [0.29, 0.717) is 18.4 Å². The zero-order chi connectivity index (χ0) is 13.9. The van der Waals surface area contributed by atoms with Crippen molar-refractivity contribution in [3.63, 3.8) is 0 Å². The van der Waals surface area contributed by atoms with Gasteiger partial charge in [0.25, 0.3) is 0 Å². The highest BCUT2D eigenvalue weighted by Crippen LogP contribution is 2.34. The summed E-state index contributed by atoms with van der Waals surface area (Å²) in [6.45, 7) is 2.57. The van der Waals surface area contributed by atoms with Crippen LogP contribution >= 0.6 is 0 Å². The molecule has 0 unspecified atom stereocenters. The fourth-order valence-corrected chi connectivity index (χ4v) is 2.73. The van der Waals surface area contributed by atoms with E-state index >= 15 is 0 Å². The highest BCUT2D eigenvalue weighted by Gasteiger charge is 2.21. The molecule has 0 saturated carbocycles. The molecule has 2 atom stereocenters. The molecule has 1 aromatic rings. The SMILES string of the molecule is CN(C[C@H]1CCCO1)C[C@@H](O)c1ccc2c(c1)OCO2.